The predicted molar refractivity (Wildman–Crippen MR) is 73.5 cm³/mol. The Morgan fingerprint density at radius 1 is 1.33 bits per heavy atom. The molecule has 7 heteroatoms. The van der Waals surface area contributed by atoms with Crippen molar-refractivity contribution in [1.29, 1.82) is 0 Å². The minimum atomic E-state index is -4.12. The van der Waals surface area contributed by atoms with Crippen LogP contribution in [0.3, 0.4) is 0 Å². The molecule has 0 radical (unpaired) electrons. The summed E-state index contributed by atoms with van der Waals surface area (Å²) in [5, 5.41) is 7.18. The van der Waals surface area contributed by atoms with Crippen molar-refractivity contribution < 1.29 is 13.2 Å². The third kappa shape index (κ3) is 4.43. The third-order valence-corrected chi connectivity index (χ3v) is 3.94. The van der Waals surface area contributed by atoms with Crippen molar-refractivity contribution >= 4 is 0 Å². The van der Waals surface area contributed by atoms with Crippen molar-refractivity contribution in [1.82, 2.24) is 20.1 Å². The molecule has 2 atom stereocenters. The molecule has 0 spiro atoms. The summed E-state index contributed by atoms with van der Waals surface area (Å²) in [6, 6.07) is -0.511. The lowest BCUT2D eigenvalue weighted by Gasteiger charge is -2.33. The van der Waals surface area contributed by atoms with Crippen molar-refractivity contribution in [3.8, 4) is 0 Å². The second-order valence-corrected chi connectivity index (χ2v) is 6.17. The summed E-state index contributed by atoms with van der Waals surface area (Å²) in [7, 11) is 0. The Labute approximate surface area is 123 Å². The average molecular weight is 304 g/mol. The van der Waals surface area contributed by atoms with Gasteiger partial charge in [-0.3, -0.25) is 0 Å². The van der Waals surface area contributed by atoms with Crippen molar-refractivity contribution in [3.63, 3.8) is 0 Å². The van der Waals surface area contributed by atoms with Gasteiger partial charge in [0.25, 0.3) is 0 Å². The van der Waals surface area contributed by atoms with Crippen molar-refractivity contribution in [2.75, 3.05) is 0 Å². The van der Waals surface area contributed by atoms with E-state index < -0.39 is 18.1 Å². The van der Waals surface area contributed by atoms with E-state index in [1.54, 1.807) is 4.68 Å². The van der Waals surface area contributed by atoms with E-state index in [9.17, 15) is 13.2 Å². The van der Waals surface area contributed by atoms with E-state index in [1.807, 2.05) is 0 Å². The molecule has 0 aliphatic heterocycles. The summed E-state index contributed by atoms with van der Waals surface area (Å²) < 4.78 is 40.9. The van der Waals surface area contributed by atoms with Gasteiger partial charge >= 0.3 is 6.18 Å². The van der Waals surface area contributed by atoms with Gasteiger partial charge in [0.15, 0.2) is 0 Å². The molecule has 1 aromatic heterocycles. The molecule has 1 fully saturated rings. The predicted octanol–water partition coefficient (Wildman–Crippen LogP) is 3.14. The highest BCUT2D eigenvalue weighted by Gasteiger charge is 2.45. The summed E-state index contributed by atoms with van der Waals surface area (Å²) in [6.45, 7) is 5.20. The number of halogens is 3. The fourth-order valence-corrected chi connectivity index (χ4v) is 2.91. The SMILES string of the molecule is CC(C)Cn1ncnc1CN[C@H]1CCCC[C@H]1C(F)(F)F. The van der Waals surface area contributed by atoms with E-state index in [1.165, 1.54) is 6.33 Å². The minimum Gasteiger partial charge on any atom is -0.306 e. The Kier molecular flexibility index (Phi) is 5.24. The Bertz CT molecular complexity index is 442. The maximum atomic E-state index is 13.0. The first-order valence-corrected chi connectivity index (χ1v) is 7.54. The van der Waals surface area contributed by atoms with Crippen LogP contribution in [0, 0.1) is 11.8 Å². The van der Waals surface area contributed by atoms with Gasteiger partial charge < -0.3 is 5.32 Å². The largest absolute Gasteiger partial charge is 0.393 e. The standard InChI is InChI=1S/C14H23F3N4/c1-10(2)8-21-13(19-9-20-21)7-18-12-6-4-3-5-11(12)14(15,16)17/h9-12,18H,3-8H2,1-2H3/t11-,12+/m1/s1. The number of alkyl halides is 3. The fourth-order valence-electron chi connectivity index (χ4n) is 2.91. The van der Waals surface area contributed by atoms with Crippen LogP contribution in [0.4, 0.5) is 13.2 Å². The molecule has 1 saturated carbocycles. The second-order valence-electron chi connectivity index (χ2n) is 6.17. The van der Waals surface area contributed by atoms with Gasteiger partial charge in [-0.1, -0.05) is 26.7 Å². The van der Waals surface area contributed by atoms with Crippen LogP contribution in [0.5, 0.6) is 0 Å². The number of hydrogen-bond donors (Lipinski definition) is 1. The fraction of sp³-hybridized carbons (Fsp3) is 0.857. The van der Waals surface area contributed by atoms with Gasteiger partial charge in [0.1, 0.15) is 12.2 Å². The zero-order chi connectivity index (χ0) is 15.5. The van der Waals surface area contributed by atoms with Gasteiger partial charge in [-0.15, -0.1) is 0 Å². The topological polar surface area (TPSA) is 42.7 Å². The van der Waals surface area contributed by atoms with Crippen LogP contribution in [0.2, 0.25) is 0 Å². The molecule has 1 aliphatic carbocycles. The van der Waals surface area contributed by atoms with Crippen LogP contribution in [0.15, 0.2) is 6.33 Å². The highest BCUT2D eigenvalue weighted by Crippen LogP contribution is 2.37. The van der Waals surface area contributed by atoms with Crippen molar-refractivity contribution in [2.45, 2.75) is 64.8 Å². The Morgan fingerprint density at radius 2 is 2.05 bits per heavy atom. The van der Waals surface area contributed by atoms with Crippen LogP contribution in [-0.4, -0.2) is 27.0 Å². The molecule has 120 valence electrons. The Hall–Kier alpha value is -1.11. The number of hydrogen-bond acceptors (Lipinski definition) is 3. The summed E-state index contributed by atoms with van der Waals surface area (Å²) in [5.41, 5.74) is 0. The average Bonchev–Trinajstić information content (AvgIpc) is 2.82. The quantitative estimate of drug-likeness (QED) is 0.908. The smallest absolute Gasteiger partial charge is 0.306 e. The third-order valence-electron chi connectivity index (χ3n) is 3.94. The first-order valence-electron chi connectivity index (χ1n) is 7.54. The number of nitrogens with zero attached hydrogens (tertiary/aromatic N) is 3. The Morgan fingerprint density at radius 3 is 2.71 bits per heavy atom. The van der Waals surface area contributed by atoms with Crippen LogP contribution >= 0.6 is 0 Å². The van der Waals surface area contributed by atoms with Crippen LogP contribution < -0.4 is 5.32 Å². The molecule has 0 unspecified atom stereocenters. The van der Waals surface area contributed by atoms with E-state index in [0.29, 0.717) is 31.1 Å². The molecule has 2 rings (SSSR count). The lowest BCUT2D eigenvalue weighted by atomic mass is 9.84. The molecule has 1 heterocycles. The summed E-state index contributed by atoms with van der Waals surface area (Å²) in [5.74, 6) is -0.119. The molecule has 1 aromatic rings. The second kappa shape index (κ2) is 6.77. The number of aromatic nitrogens is 3. The molecule has 0 bridgehead atoms. The normalized spacial score (nSPS) is 23.7. The van der Waals surface area contributed by atoms with E-state index >= 15 is 0 Å². The maximum absolute atomic E-state index is 13.0. The highest BCUT2D eigenvalue weighted by molar-refractivity contribution is 4.90. The lowest BCUT2D eigenvalue weighted by Crippen LogP contribution is -2.45. The maximum Gasteiger partial charge on any atom is 0.393 e. The van der Waals surface area contributed by atoms with Crippen LogP contribution in [0.25, 0.3) is 0 Å². The molecule has 4 nitrogen and oxygen atoms in total. The zero-order valence-corrected chi connectivity index (χ0v) is 12.5. The first-order chi connectivity index (χ1) is 9.88. The van der Waals surface area contributed by atoms with Crippen LogP contribution in [-0.2, 0) is 13.1 Å². The van der Waals surface area contributed by atoms with E-state index in [4.69, 9.17) is 0 Å². The number of rotatable bonds is 5. The van der Waals surface area contributed by atoms with Gasteiger partial charge in [-0.05, 0) is 18.8 Å². The van der Waals surface area contributed by atoms with Gasteiger partial charge in [0.2, 0.25) is 0 Å². The van der Waals surface area contributed by atoms with Crippen molar-refractivity contribution in [3.05, 3.63) is 12.2 Å². The molecule has 0 aromatic carbocycles. The number of nitrogens with one attached hydrogen (secondary N) is 1. The monoisotopic (exact) mass is 304 g/mol. The molecule has 1 N–H and O–H groups in total. The first kappa shape index (κ1) is 16.3. The van der Waals surface area contributed by atoms with Gasteiger partial charge in [0, 0.05) is 12.6 Å². The van der Waals surface area contributed by atoms with Gasteiger partial charge in [-0.2, -0.15) is 18.3 Å². The van der Waals surface area contributed by atoms with Gasteiger partial charge in [-0.25, -0.2) is 9.67 Å². The molecule has 0 amide bonds. The Balaban J connectivity index is 1.96. The van der Waals surface area contributed by atoms with Gasteiger partial charge in [0.05, 0.1) is 12.5 Å². The summed E-state index contributed by atoms with van der Waals surface area (Å²) in [4.78, 5) is 4.15. The summed E-state index contributed by atoms with van der Waals surface area (Å²) in [6.07, 6.45) is -0.359. The molecule has 21 heavy (non-hydrogen) atoms. The van der Waals surface area contributed by atoms with Crippen molar-refractivity contribution in [2.24, 2.45) is 11.8 Å². The molecule has 1 aliphatic rings. The molecular formula is C14H23F3N4. The molecular weight excluding hydrogens is 281 g/mol. The van der Waals surface area contributed by atoms with Crippen LogP contribution in [0.1, 0.15) is 45.4 Å². The van der Waals surface area contributed by atoms with E-state index in [2.05, 4.69) is 29.2 Å². The summed E-state index contributed by atoms with van der Waals surface area (Å²) >= 11 is 0. The lowest BCUT2D eigenvalue weighted by molar-refractivity contribution is -0.189. The van der Waals surface area contributed by atoms with E-state index in [0.717, 1.165) is 13.0 Å². The minimum absolute atomic E-state index is 0.222. The molecule has 0 saturated heterocycles. The van der Waals surface area contributed by atoms with E-state index in [-0.39, 0.29) is 6.42 Å². The highest BCUT2D eigenvalue weighted by atomic mass is 19.4. The zero-order valence-electron chi connectivity index (χ0n) is 12.5.